The van der Waals surface area contributed by atoms with Crippen LogP contribution in [-0.4, -0.2) is 31.2 Å². The Kier molecular flexibility index (Phi) is 4.76. The first kappa shape index (κ1) is 13.8. The Labute approximate surface area is 113 Å². The Morgan fingerprint density at radius 3 is 2.79 bits per heavy atom. The van der Waals surface area contributed by atoms with E-state index >= 15 is 0 Å². The fourth-order valence-corrected chi connectivity index (χ4v) is 2.43. The standard InChI is InChI=1S/C14H21N3O2/c1-2-17(11-6-4-3-5-7-11)10-12-8-9-13(19-12)14(18)16-15/h3-7,12-13H,2,8-10,15H2,1H3,(H,16,18). The van der Waals surface area contributed by atoms with Gasteiger partial charge in [0.25, 0.3) is 5.91 Å². The van der Waals surface area contributed by atoms with Crippen LogP contribution in [0.4, 0.5) is 5.69 Å². The van der Waals surface area contributed by atoms with E-state index in [1.807, 2.05) is 18.2 Å². The van der Waals surface area contributed by atoms with Gasteiger partial charge in [-0.15, -0.1) is 0 Å². The average Bonchev–Trinajstić information content (AvgIpc) is 2.93. The maximum Gasteiger partial charge on any atom is 0.263 e. The van der Waals surface area contributed by atoms with Crippen molar-refractivity contribution in [2.75, 3.05) is 18.0 Å². The number of anilines is 1. The molecule has 1 aromatic carbocycles. The van der Waals surface area contributed by atoms with Crippen molar-refractivity contribution in [2.24, 2.45) is 5.84 Å². The van der Waals surface area contributed by atoms with Crippen molar-refractivity contribution in [3.05, 3.63) is 30.3 Å². The number of likely N-dealkylation sites (N-methyl/N-ethyl adjacent to an activating group) is 1. The van der Waals surface area contributed by atoms with Gasteiger partial charge in [-0.25, -0.2) is 5.84 Å². The summed E-state index contributed by atoms with van der Waals surface area (Å²) < 4.78 is 5.73. The number of carbonyl (C=O) groups is 1. The number of nitrogens with zero attached hydrogens (tertiary/aromatic N) is 1. The van der Waals surface area contributed by atoms with Gasteiger partial charge in [-0.2, -0.15) is 0 Å². The number of hydrogen-bond donors (Lipinski definition) is 2. The van der Waals surface area contributed by atoms with Crippen LogP contribution in [0.25, 0.3) is 0 Å². The van der Waals surface area contributed by atoms with Gasteiger partial charge in [-0.3, -0.25) is 10.2 Å². The highest BCUT2D eigenvalue weighted by atomic mass is 16.5. The van der Waals surface area contributed by atoms with Crippen molar-refractivity contribution in [1.82, 2.24) is 5.43 Å². The molecule has 3 N–H and O–H groups in total. The highest BCUT2D eigenvalue weighted by Crippen LogP contribution is 2.23. The molecule has 0 aliphatic carbocycles. The van der Waals surface area contributed by atoms with Crippen LogP contribution in [0.1, 0.15) is 19.8 Å². The van der Waals surface area contributed by atoms with Crippen molar-refractivity contribution in [2.45, 2.75) is 32.0 Å². The molecule has 1 amide bonds. The van der Waals surface area contributed by atoms with Gasteiger partial charge in [0.1, 0.15) is 6.10 Å². The molecule has 2 unspecified atom stereocenters. The zero-order chi connectivity index (χ0) is 13.7. The van der Waals surface area contributed by atoms with Crippen molar-refractivity contribution in [1.29, 1.82) is 0 Å². The summed E-state index contributed by atoms with van der Waals surface area (Å²) in [5.41, 5.74) is 3.33. The highest BCUT2D eigenvalue weighted by molar-refractivity contribution is 5.80. The third kappa shape index (κ3) is 3.45. The van der Waals surface area contributed by atoms with E-state index in [9.17, 15) is 4.79 Å². The van der Waals surface area contributed by atoms with Crippen molar-refractivity contribution < 1.29 is 9.53 Å². The maximum absolute atomic E-state index is 11.4. The van der Waals surface area contributed by atoms with E-state index in [4.69, 9.17) is 10.6 Å². The molecule has 2 atom stereocenters. The van der Waals surface area contributed by atoms with E-state index in [1.54, 1.807) is 0 Å². The molecule has 0 saturated carbocycles. The second-order valence-corrected chi connectivity index (χ2v) is 4.71. The Bertz CT molecular complexity index is 410. The van der Waals surface area contributed by atoms with E-state index in [0.29, 0.717) is 0 Å². The van der Waals surface area contributed by atoms with Crippen LogP contribution >= 0.6 is 0 Å². The molecule has 0 radical (unpaired) electrons. The van der Waals surface area contributed by atoms with Crippen molar-refractivity contribution in [3.8, 4) is 0 Å². The van der Waals surface area contributed by atoms with E-state index in [0.717, 1.165) is 25.9 Å². The van der Waals surface area contributed by atoms with E-state index in [-0.39, 0.29) is 12.0 Å². The lowest BCUT2D eigenvalue weighted by atomic mass is 10.1. The molecule has 0 bridgehead atoms. The number of para-hydroxylation sites is 1. The van der Waals surface area contributed by atoms with Gasteiger partial charge in [-0.1, -0.05) is 18.2 Å². The zero-order valence-electron chi connectivity index (χ0n) is 11.2. The van der Waals surface area contributed by atoms with Gasteiger partial charge in [0.2, 0.25) is 0 Å². The quantitative estimate of drug-likeness (QED) is 0.473. The summed E-state index contributed by atoms with van der Waals surface area (Å²) >= 11 is 0. The first-order valence-corrected chi connectivity index (χ1v) is 6.70. The number of carbonyl (C=O) groups excluding carboxylic acids is 1. The van der Waals surface area contributed by atoms with Crippen LogP contribution in [-0.2, 0) is 9.53 Å². The Balaban J connectivity index is 1.92. The molecule has 1 saturated heterocycles. The third-order valence-electron chi connectivity index (χ3n) is 3.47. The largest absolute Gasteiger partial charge is 0.369 e. The lowest BCUT2D eigenvalue weighted by Gasteiger charge is -2.26. The van der Waals surface area contributed by atoms with Crippen LogP contribution in [0, 0.1) is 0 Å². The number of rotatable bonds is 5. The molecular formula is C14H21N3O2. The average molecular weight is 263 g/mol. The fourth-order valence-electron chi connectivity index (χ4n) is 2.43. The van der Waals surface area contributed by atoms with Gasteiger partial charge in [0.05, 0.1) is 6.10 Å². The van der Waals surface area contributed by atoms with Crippen molar-refractivity contribution in [3.63, 3.8) is 0 Å². The minimum Gasteiger partial charge on any atom is -0.369 e. The summed E-state index contributed by atoms with van der Waals surface area (Å²) in [4.78, 5) is 13.7. The Morgan fingerprint density at radius 1 is 1.42 bits per heavy atom. The van der Waals surface area contributed by atoms with Gasteiger partial charge >= 0.3 is 0 Å². The number of hydrazine groups is 1. The topological polar surface area (TPSA) is 67.6 Å². The SMILES string of the molecule is CCN(CC1CCC(C(=O)NN)O1)c1ccccc1. The van der Waals surface area contributed by atoms with Crippen LogP contribution in [0.5, 0.6) is 0 Å². The van der Waals surface area contributed by atoms with Crippen molar-refractivity contribution >= 4 is 11.6 Å². The van der Waals surface area contributed by atoms with Crippen LogP contribution < -0.4 is 16.2 Å². The molecular weight excluding hydrogens is 242 g/mol. The third-order valence-corrected chi connectivity index (χ3v) is 3.47. The molecule has 2 rings (SSSR count). The van der Waals surface area contributed by atoms with Crippen LogP contribution in [0.3, 0.4) is 0 Å². The second kappa shape index (κ2) is 6.54. The smallest absolute Gasteiger partial charge is 0.263 e. The second-order valence-electron chi connectivity index (χ2n) is 4.71. The van der Waals surface area contributed by atoms with E-state index < -0.39 is 6.10 Å². The molecule has 5 heteroatoms. The molecule has 0 aromatic heterocycles. The predicted octanol–water partition coefficient (Wildman–Crippen LogP) is 1.05. The number of ether oxygens (including phenoxy) is 1. The molecule has 0 spiro atoms. The predicted molar refractivity (Wildman–Crippen MR) is 74.6 cm³/mol. The van der Waals surface area contributed by atoms with E-state index in [1.165, 1.54) is 5.69 Å². The molecule has 1 aliphatic heterocycles. The molecule has 19 heavy (non-hydrogen) atoms. The number of amides is 1. The molecule has 1 heterocycles. The summed E-state index contributed by atoms with van der Waals surface area (Å²) in [7, 11) is 0. The van der Waals surface area contributed by atoms with E-state index in [2.05, 4.69) is 29.4 Å². The summed E-state index contributed by atoms with van der Waals surface area (Å²) in [6, 6.07) is 10.2. The molecule has 5 nitrogen and oxygen atoms in total. The Morgan fingerprint density at radius 2 is 2.16 bits per heavy atom. The molecule has 1 fully saturated rings. The summed E-state index contributed by atoms with van der Waals surface area (Å²) in [5.74, 6) is 4.89. The maximum atomic E-state index is 11.4. The van der Waals surface area contributed by atoms with Gasteiger partial charge in [0, 0.05) is 18.8 Å². The number of hydrogen-bond acceptors (Lipinski definition) is 4. The van der Waals surface area contributed by atoms with Gasteiger partial charge < -0.3 is 9.64 Å². The minimum absolute atomic E-state index is 0.0856. The number of nitrogens with two attached hydrogens (primary N) is 1. The van der Waals surface area contributed by atoms with Crippen LogP contribution in [0.15, 0.2) is 30.3 Å². The van der Waals surface area contributed by atoms with Crippen LogP contribution in [0.2, 0.25) is 0 Å². The summed E-state index contributed by atoms with van der Waals surface area (Å²) in [5, 5.41) is 0. The normalized spacial score (nSPS) is 22.2. The lowest BCUT2D eigenvalue weighted by molar-refractivity contribution is -0.131. The number of nitrogens with one attached hydrogen (secondary N) is 1. The number of benzene rings is 1. The summed E-state index contributed by atoms with van der Waals surface area (Å²) in [6.07, 6.45) is 1.31. The van der Waals surface area contributed by atoms with Gasteiger partial charge in [0.15, 0.2) is 0 Å². The van der Waals surface area contributed by atoms with Gasteiger partial charge in [-0.05, 0) is 31.9 Å². The molecule has 1 aliphatic rings. The fraction of sp³-hybridized carbons (Fsp3) is 0.500. The molecule has 104 valence electrons. The summed E-state index contributed by atoms with van der Waals surface area (Å²) in [6.45, 7) is 3.83. The first-order chi connectivity index (χ1) is 9.24. The molecule has 1 aromatic rings. The Hall–Kier alpha value is -1.59. The zero-order valence-corrected chi connectivity index (χ0v) is 11.2. The minimum atomic E-state index is -0.399. The highest BCUT2D eigenvalue weighted by Gasteiger charge is 2.31. The monoisotopic (exact) mass is 263 g/mol. The first-order valence-electron chi connectivity index (χ1n) is 6.70. The lowest BCUT2D eigenvalue weighted by Crippen LogP contribution is -2.40.